The number of piperidine rings is 1. The van der Waals surface area contributed by atoms with Crippen molar-refractivity contribution in [2.24, 2.45) is 11.7 Å². The van der Waals surface area contributed by atoms with E-state index in [1.807, 2.05) is 6.92 Å². The van der Waals surface area contributed by atoms with Crippen molar-refractivity contribution < 1.29 is 9.90 Å². The van der Waals surface area contributed by atoms with E-state index < -0.39 is 5.54 Å². The SMILES string of the molecule is CC1CC(=O)NCC1(N)CO. The Morgan fingerprint density at radius 1 is 1.91 bits per heavy atom. The number of rotatable bonds is 1. The van der Waals surface area contributed by atoms with Gasteiger partial charge in [0.05, 0.1) is 12.1 Å². The Morgan fingerprint density at radius 3 is 3.00 bits per heavy atom. The van der Waals surface area contributed by atoms with Crippen molar-refractivity contribution in [1.82, 2.24) is 5.32 Å². The van der Waals surface area contributed by atoms with E-state index in [4.69, 9.17) is 10.8 Å². The maximum absolute atomic E-state index is 10.8. The molecule has 1 fully saturated rings. The highest BCUT2D eigenvalue weighted by molar-refractivity contribution is 5.77. The van der Waals surface area contributed by atoms with Gasteiger partial charge in [-0.2, -0.15) is 0 Å². The highest BCUT2D eigenvalue weighted by Crippen LogP contribution is 2.20. The summed E-state index contributed by atoms with van der Waals surface area (Å²) in [5.74, 6) is 0.0771. The molecule has 4 heteroatoms. The number of amides is 1. The molecule has 2 atom stereocenters. The quantitative estimate of drug-likeness (QED) is 0.450. The summed E-state index contributed by atoms with van der Waals surface area (Å²) in [4.78, 5) is 10.8. The number of nitrogens with one attached hydrogen (secondary N) is 1. The van der Waals surface area contributed by atoms with Gasteiger partial charge in [-0.25, -0.2) is 0 Å². The number of carbonyl (C=O) groups is 1. The third kappa shape index (κ3) is 1.52. The van der Waals surface area contributed by atoms with Crippen LogP contribution in [0, 0.1) is 5.92 Å². The van der Waals surface area contributed by atoms with Crippen LogP contribution in [0.15, 0.2) is 0 Å². The lowest BCUT2D eigenvalue weighted by Gasteiger charge is -2.37. The van der Waals surface area contributed by atoms with Gasteiger partial charge < -0.3 is 16.2 Å². The van der Waals surface area contributed by atoms with E-state index in [1.54, 1.807) is 0 Å². The van der Waals surface area contributed by atoms with Crippen molar-refractivity contribution in [2.75, 3.05) is 13.2 Å². The predicted molar refractivity (Wildman–Crippen MR) is 40.8 cm³/mol. The molecule has 1 amide bonds. The van der Waals surface area contributed by atoms with Gasteiger partial charge in [-0.05, 0) is 5.92 Å². The summed E-state index contributed by atoms with van der Waals surface area (Å²) >= 11 is 0. The molecule has 1 saturated heterocycles. The highest BCUT2D eigenvalue weighted by atomic mass is 16.3. The van der Waals surface area contributed by atoms with Crippen LogP contribution in [0.4, 0.5) is 0 Å². The number of nitrogens with two attached hydrogens (primary N) is 1. The van der Waals surface area contributed by atoms with Gasteiger partial charge in [0.1, 0.15) is 0 Å². The average Bonchev–Trinajstić information content (AvgIpc) is 1.98. The van der Waals surface area contributed by atoms with Gasteiger partial charge in [-0.1, -0.05) is 6.92 Å². The van der Waals surface area contributed by atoms with Crippen molar-refractivity contribution in [3.63, 3.8) is 0 Å². The van der Waals surface area contributed by atoms with E-state index >= 15 is 0 Å². The summed E-state index contributed by atoms with van der Waals surface area (Å²) < 4.78 is 0. The summed E-state index contributed by atoms with van der Waals surface area (Å²) in [6, 6.07) is 0. The molecular weight excluding hydrogens is 144 g/mol. The van der Waals surface area contributed by atoms with Gasteiger partial charge in [0.15, 0.2) is 0 Å². The Balaban J connectivity index is 2.63. The standard InChI is InChI=1S/C7H14N2O2/c1-5-2-6(11)9-3-7(5,8)4-10/h5,10H,2-4,8H2,1H3,(H,9,11). The van der Waals surface area contributed by atoms with Crippen molar-refractivity contribution in [1.29, 1.82) is 0 Å². The van der Waals surface area contributed by atoms with E-state index in [-0.39, 0.29) is 18.4 Å². The highest BCUT2D eigenvalue weighted by Gasteiger charge is 2.36. The molecule has 0 spiro atoms. The first-order chi connectivity index (χ1) is 5.08. The Morgan fingerprint density at radius 2 is 2.55 bits per heavy atom. The molecule has 0 radical (unpaired) electrons. The van der Waals surface area contributed by atoms with Gasteiger partial charge >= 0.3 is 0 Å². The lowest BCUT2D eigenvalue weighted by molar-refractivity contribution is -0.125. The minimum atomic E-state index is -0.617. The Hall–Kier alpha value is -0.610. The molecule has 0 bridgehead atoms. The Bertz CT molecular complexity index is 172. The fraction of sp³-hybridized carbons (Fsp3) is 0.857. The molecule has 1 rings (SSSR count). The zero-order valence-corrected chi connectivity index (χ0v) is 6.63. The van der Waals surface area contributed by atoms with Crippen LogP contribution >= 0.6 is 0 Å². The lowest BCUT2D eigenvalue weighted by Crippen LogP contribution is -2.61. The Kier molecular flexibility index (Phi) is 2.15. The molecule has 0 saturated carbocycles. The first kappa shape index (κ1) is 8.49. The maximum Gasteiger partial charge on any atom is 0.220 e. The van der Waals surface area contributed by atoms with E-state index in [9.17, 15) is 4.79 Å². The second kappa shape index (κ2) is 2.79. The van der Waals surface area contributed by atoms with Crippen molar-refractivity contribution in [3.05, 3.63) is 0 Å². The first-order valence-corrected chi connectivity index (χ1v) is 3.75. The van der Waals surface area contributed by atoms with Crippen LogP contribution in [0.25, 0.3) is 0 Å². The van der Waals surface area contributed by atoms with E-state index in [0.29, 0.717) is 13.0 Å². The minimum Gasteiger partial charge on any atom is -0.394 e. The van der Waals surface area contributed by atoms with Crippen LogP contribution in [0.2, 0.25) is 0 Å². The molecule has 4 nitrogen and oxygen atoms in total. The monoisotopic (exact) mass is 158 g/mol. The van der Waals surface area contributed by atoms with E-state index in [2.05, 4.69) is 5.32 Å². The maximum atomic E-state index is 10.8. The van der Waals surface area contributed by atoms with Gasteiger partial charge in [0, 0.05) is 13.0 Å². The lowest BCUT2D eigenvalue weighted by atomic mass is 9.81. The molecule has 0 aromatic rings. The van der Waals surface area contributed by atoms with Crippen LogP contribution in [0.3, 0.4) is 0 Å². The van der Waals surface area contributed by atoms with Crippen molar-refractivity contribution in [3.8, 4) is 0 Å². The first-order valence-electron chi connectivity index (χ1n) is 3.75. The van der Waals surface area contributed by atoms with Gasteiger partial charge in [0.2, 0.25) is 5.91 Å². The molecule has 0 aromatic carbocycles. The third-order valence-electron chi connectivity index (χ3n) is 2.38. The van der Waals surface area contributed by atoms with E-state index in [0.717, 1.165) is 0 Å². The van der Waals surface area contributed by atoms with Crippen LogP contribution in [-0.4, -0.2) is 29.7 Å². The molecule has 0 aliphatic carbocycles. The Labute approximate surface area is 65.8 Å². The smallest absolute Gasteiger partial charge is 0.220 e. The fourth-order valence-corrected chi connectivity index (χ4v) is 1.20. The van der Waals surface area contributed by atoms with Crippen molar-refractivity contribution in [2.45, 2.75) is 18.9 Å². The molecule has 64 valence electrons. The minimum absolute atomic E-state index is 0.0204. The topological polar surface area (TPSA) is 75.4 Å². The normalized spacial score (nSPS) is 38.5. The van der Waals surface area contributed by atoms with Crippen LogP contribution < -0.4 is 11.1 Å². The summed E-state index contributed by atoms with van der Waals surface area (Å²) in [6.45, 7) is 2.19. The zero-order valence-electron chi connectivity index (χ0n) is 6.63. The van der Waals surface area contributed by atoms with Crippen LogP contribution in [0.1, 0.15) is 13.3 Å². The zero-order chi connectivity index (χ0) is 8.48. The van der Waals surface area contributed by atoms with E-state index in [1.165, 1.54) is 0 Å². The van der Waals surface area contributed by atoms with Gasteiger partial charge in [-0.3, -0.25) is 4.79 Å². The molecule has 0 aromatic heterocycles. The third-order valence-corrected chi connectivity index (χ3v) is 2.38. The number of carbonyl (C=O) groups excluding carboxylic acids is 1. The number of hydrogen-bond donors (Lipinski definition) is 3. The molecule has 1 aliphatic rings. The molecule has 11 heavy (non-hydrogen) atoms. The number of aliphatic hydroxyl groups is 1. The molecule has 2 unspecified atom stereocenters. The summed E-state index contributed by atoms with van der Waals surface area (Å²) in [7, 11) is 0. The van der Waals surface area contributed by atoms with Crippen LogP contribution in [-0.2, 0) is 4.79 Å². The number of aliphatic hydroxyl groups excluding tert-OH is 1. The van der Waals surface area contributed by atoms with Gasteiger partial charge in [0.25, 0.3) is 0 Å². The number of hydrogen-bond acceptors (Lipinski definition) is 3. The predicted octanol–water partition coefficient (Wildman–Crippen LogP) is -1.17. The van der Waals surface area contributed by atoms with Gasteiger partial charge in [-0.15, -0.1) is 0 Å². The second-order valence-corrected chi connectivity index (χ2v) is 3.27. The molecule has 4 N–H and O–H groups in total. The molecular formula is C7H14N2O2. The summed E-state index contributed by atoms with van der Waals surface area (Å²) in [6.07, 6.45) is 0.414. The largest absolute Gasteiger partial charge is 0.394 e. The molecule has 1 heterocycles. The fourth-order valence-electron chi connectivity index (χ4n) is 1.20. The molecule has 1 aliphatic heterocycles. The second-order valence-electron chi connectivity index (χ2n) is 3.27. The average molecular weight is 158 g/mol. The summed E-state index contributed by atoms with van der Waals surface area (Å²) in [5.41, 5.74) is 5.18. The van der Waals surface area contributed by atoms with Crippen molar-refractivity contribution >= 4 is 5.91 Å². The van der Waals surface area contributed by atoms with Crippen LogP contribution in [0.5, 0.6) is 0 Å². The summed E-state index contributed by atoms with van der Waals surface area (Å²) in [5, 5.41) is 11.6.